The summed E-state index contributed by atoms with van der Waals surface area (Å²) in [6.45, 7) is 16.2. The highest BCUT2D eigenvalue weighted by molar-refractivity contribution is 5.66. The third kappa shape index (κ3) is 4.43. The first kappa shape index (κ1) is 16.9. The first-order valence-corrected chi connectivity index (χ1v) is 7.94. The second-order valence-corrected chi connectivity index (χ2v) is 6.49. The Labute approximate surface area is 124 Å². The van der Waals surface area contributed by atoms with Gasteiger partial charge in [0.05, 0.1) is 11.4 Å². The van der Waals surface area contributed by atoms with Gasteiger partial charge in [-0.15, -0.1) is 0 Å². The molecule has 0 amide bonds. The van der Waals surface area contributed by atoms with Gasteiger partial charge in [0.1, 0.15) is 0 Å². The van der Waals surface area contributed by atoms with Crippen LogP contribution in [0.25, 0.3) is 0 Å². The Morgan fingerprint density at radius 3 is 2.00 bits per heavy atom. The highest BCUT2D eigenvalue weighted by Crippen LogP contribution is 2.27. The molecule has 0 bridgehead atoms. The lowest BCUT2D eigenvalue weighted by Crippen LogP contribution is -2.30. The molecule has 0 fully saturated rings. The molecule has 1 heterocycles. The van der Waals surface area contributed by atoms with Gasteiger partial charge in [0.25, 0.3) is 0 Å². The van der Waals surface area contributed by atoms with Gasteiger partial charge in [-0.3, -0.25) is 0 Å². The van der Waals surface area contributed by atoms with Crippen molar-refractivity contribution in [3.05, 3.63) is 5.69 Å². The quantitative estimate of drug-likeness (QED) is 0.790. The molecule has 20 heavy (non-hydrogen) atoms. The minimum atomic E-state index is 0.705. The van der Waals surface area contributed by atoms with Gasteiger partial charge < -0.3 is 10.6 Å². The summed E-state index contributed by atoms with van der Waals surface area (Å²) >= 11 is 0. The highest BCUT2D eigenvalue weighted by atomic mass is 15.4. The number of aromatic nitrogens is 2. The number of aryl methyl sites for hydroxylation is 2. The monoisotopic (exact) mass is 280 g/mol. The maximum absolute atomic E-state index is 6.27. The predicted octanol–water partition coefficient (Wildman–Crippen LogP) is 3.69. The van der Waals surface area contributed by atoms with Crippen LogP contribution in [0, 0.1) is 18.8 Å². The summed E-state index contributed by atoms with van der Waals surface area (Å²) in [5.41, 5.74) is 8.06. The number of anilines is 2. The Balaban J connectivity index is 2.95. The summed E-state index contributed by atoms with van der Waals surface area (Å²) < 4.78 is 2.05. The molecule has 0 aromatic carbocycles. The summed E-state index contributed by atoms with van der Waals surface area (Å²) in [5.74, 6) is 2.53. The van der Waals surface area contributed by atoms with E-state index in [9.17, 15) is 0 Å². The Hall–Kier alpha value is -1.19. The van der Waals surface area contributed by atoms with Gasteiger partial charge in [-0.25, -0.2) is 4.68 Å². The van der Waals surface area contributed by atoms with E-state index < -0.39 is 0 Å². The maximum atomic E-state index is 6.27. The van der Waals surface area contributed by atoms with Gasteiger partial charge in [-0.1, -0.05) is 27.7 Å². The molecule has 0 saturated heterocycles. The van der Waals surface area contributed by atoms with Crippen molar-refractivity contribution in [1.82, 2.24) is 9.78 Å². The molecule has 4 nitrogen and oxygen atoms in total. The number of nitrogen functional groups attached to an aromatic ring is 1. The molecule has 1 aromatic rings. The third-order valence-corrected chi connectivity index (χ3v) is 3.70. The van der Waals surface area contributed by atoms with Gasteiger partial charge >= 0.3 is 0 Å². The van der Waals surface area contributed by atoms with E-state index in [1.165, 1.54) is 12.8 Å². The molecular weight excluding hydrogens is 248 g/mol. The van der Waals surface area contributed by atoms with E-state index in [1.54, 1.807) is 0 Å². The molecule has 0 aliphatic heterocycles. The topological polar surface area (TPSA) is 47.1 Å². The van der Waals surface area contributed by atoms with Crippen LogP contribution in [0.5, 0.6) is 0 Å². The van der Waals surface area contributed by atoms with E-state index in [2.05, 4.69) is 44.6 Å². The Bertz CT molecular complexity index is 395. The molecule has 0 unspecified atom stereocenters. The third-order valence-electron chi connectivity index (χ3n) is 3.70. The summed E-state index contributed by atoms with van der Waals surface area (Å²) in [5, 5.41) is 4.55. The Kier molecular flexibility index (Phi) is 6.37. The normalized spacial score (nSPS) is 11.6. The minimum absolute atomic E-state index is 0.705. The van der Waals surface area contributed by atoms with Crippen LogP contribution < -0.4 is 10.6 Å². The molecule has 116 valence electrons. The standard InChI is InChI=1S/C16H32N4/c1-7-20-16(15(17)14(6)18-20)19(10-8-12(2)3)11-9-13(4)5/h12-13H,7-11,17H2,1-6H3. The van der Waals surface area contributed by atoms with Crippen LogP contribution in [0.15, 0.2) is 0 Å². The van der Waals surface area contributed by atoms with Crippen molar-refractivity contribution in [2.75, 3.05) is 23.7 Å². The lowest BCUT2D eigenvalue weighted by atomic mass is 10.1. The molecule has 0 saturated carbocycles. The van der Waals surface area contributed by atoms with Crippen molar-refractivity contribution in [3.8, 4) is 0 Å². The molecule has 1 aromatic heterocycles. The molecule has 2 N–H and O–H groups in total. The number of hydrogen-bond donors (Lipinski definition) is 1. The number of rotatable bonds is 8. The SMILES string of the molecule is CCn1nc(C)c(N)c1N(CCC(C)C)CCC(C)C. The molecule has 0 radical (unpaired) electrons. The zero-order valence-electron chi connectivity index (χ0n) is 14.1. The molecule has 4 heteroatoms. The van der Waals surface area contributed by atoms with Crippen LogP contribution in [0.2, 0.25) is 0 Å². The smallest absolute Gasteiger partial charge is 0.150 e. The minimum Gasteiger partial charge on any atom is -0.394 e. The van der Waals surface area contributed by atoms with Crippen molar-refractivity contribution >= 4 is 11.5 Å². The second-order valence-electron chi connectivity index (χ2n) is 6.49. The fourth-order valence-electron chi connectivity index (χ4n) is 2.29. The molecule has 0 spiro atoms. The van der Waals surface area contributed by atoms with Crippen molar-refractivity contribution in [1.29, 1.82) is 0 Å². The largest absolute Gasteiger partial charge is 0.394 e. The molecule has 1 rings (SSSR count). The van der Waals surface area contributed by atoms with Gasteiger partial charge in [-0.2, -0.15) is 5.10 Å². The second kappa shape index (κ2) is 7.55. The van der Waals surface area contributed by atoms with Crippen molar-refractivity contribution in [3.63, 3.8) is 0 Å². The Morgan fingerprint density at radius 2 is 1.60 bits per heavy atom. The van der Waals surface area contributed by atoms with Crippen LogP contribution in [0.1, 0.15) is 53.2 Å². The first-order valence-electron chi connectivity index (χ1n) is 7.94. The Morgan fingerprint density at radius 1 is 1.10 bits per heavy atom. The zero-order chi connectivity index (χ0) is 15.3. The molecule has 0 aliphatic rings. The van der Waals surface area contributed by atoms with Crippen LogP contribution in [0.3, 0.4) is 0 Å². The summed E-state index contributed by atoms with van der Waals surface area (Å²) in [7, 11) is 0. The zero-order valence-corrected chi connectivity index (χ0v) is 14.1. The average Bonchev–Trinajstić information content (AvgIpc) is 2.65. The number of nitrogens with zero attached hydrogens (tertiary/aromatic N) is 3. The van der Waals surface area contributed by atoms with Gasteiger partial charge in [-0.05, 0) is 38.5 Å². The van der Waals surface area contributed by atoms with E-state index >= 15 is 0 Å². The number of nitrogens with two attached hydrogens (primary N) is 1. The summed E-state index contributed by atoms with van der Waals surface area (Å²) in [6, 6.07) is 0. The fraction of sp³-hybridized carbons (Fsp3) is 0.812. The molecular formula is C16H32N4. The average molecular weight is 280 g/mol. The maximum Gasteiger partial charge on any atom is 0.150 e. The van der Waals surface area contributed by atoms with Crippen molar-refractivity contribution in [2.24, 2.45) is 11.8 Å². The molecule has 0 aliphatic carbocycles. The van der Waals surface area contributed by atoms with E-state index in [0.29, 0.717) is 11.8 Å². The van der Waals surface area contributed by atoms with E-state index in [-0.39, 0.29) is 0 Å². The van der Waals surface area contributed by atoms with Crippen LogP contribution in [0.4, 0.5) is 11.5 Å². The van der Waals surface area contributed by atoms with Crippen molar-refractivity contribution in [2.45, 2.75) is 60.9 Å². The van der Waals surface area contributed by atoms with E-state index in [1.807, 2.05) is 11.6 Å². The highest BCUT2D eigenvalue weighted by Gasteiger charge is 2.18. The van der Waals surface area contributed by atoms with E-state index in [4.69, 9.17) is 5.73 Å². The van der Waals surface area contributed by atoms with Crippen LogP contribution in [-0.4, -0.2) is 22.9 Å². The van der Waals surface area contributed by atoms with Crippen LogP contribution >= 0.6 is 0 Å². The summed E-state index contributed by atoms with van der Waals surface area (Å²) in [4.78, 5) is 2.43. The lowest BCUT2D eigenvalue weighted by Gasteiger charge is -2.27. The lowest BCUT2D eigenvalue weighted by molar-refractivity contribution is 0.522. The predicted molar refractivity (Wildman–Crippen MR) is 88.2 cm³/mol. The van der Waals surface area contributed by atoms with Crippen LogP contribution in [-0.2, 0) is 6.54 Å². The first-order chi connectivity index (χ1) is 9.36. The van der Waals surface area contributed by atoms with Gasteiger partial charge in [0.2, 0.25) is 0 Å². The summed E-state index contributed by atoms with van der Waals surface area (Å²) in [6.07, 6.45) is 2.37. The van der Waals surface area contributed by atoms with Gasteiger partial charge in [0.15, 0.2) is 5.82 Å². The van der Waals surface area contributed by atoms with Crippen molar-refractivity contribution < 1.29 is 0 Å². The number of hydrogen-bond acceptors (Lipinski definition) is 3. The fourth-order valence-corrected chi connectivity index (χ4v) is 2.29. The molecule has 0 atom stereocenters. The van der Waals surface area contributed by atoms with Gasteiger partial charge in [0, 0.05) is 19.6 Å². The van der Waals surface area contributed by atoms with E-state index in [0.717, 1.165) is 36.8 Å².